The number of hydrogen-bond donors (Lipinski definition) is 0. The van der Waals surface area contributed by atoms with Crippen LogP contribution in [-0.2, 0) is 6.61 Å². The quantitative estimate of drug-likeness (QED) is 0.665. The Hall–Kier alpha value is -3.00. The topological polar surface area (TPSA) is 95.7 Å². The highest BCUT2D eigenvalue weighted by atomic mass is 35.5. The first-order valence-electron chi connectivity index (χ1n) is 7.01. The van der Waals surface area contributed by atoms with Crippen LogP contribution in [-0.4, -0.2) is 10.2 Å². The average Bonchev–Trinajstić information content (AvgIpc) is 3.09. The molecule has 0 atom stereocenters. The highest BCUT2D eigenvalue weighted by Gasteiger charge is 2.15. The van der Waals surface area contributed by atoms with Crippen LogP contribution in [0.3, 0.4) is 0 Å². The molecular formula is C17H9ClN4O2S. The van der Waals surface area contributed by atoms with Crippen molar-refractivity contribution in [3.8, 4) is 17.9 Å². The molecule has 0 saturated heterocycles. The van der Waals surface area contributed by atoms with Gasteiger partial charge in [0.25, 0.3) is 11.1 Å². The van der Waals surface area contributed by atoms with Crippen LogP contribution in [0.4, 0.5) is 0 Å². The molecule has 0 aliphatic rings. The Morgan fingerprint density at radius 1 is 1.04 bits per heavy atom. The lowest BCUT2D eigenvalue weighted by Crippen LogP contribution is -1.95. The molecule has 0 unspecified atom stereocenters. The third-order valence-corrected chi connectivity index (χ3v) is 4.31. The number of nitriles is 2. The predicted molar refractivity (Wildman–Crippen MR) is 90.1 cm³/mol. The van der Waals surface area contributed by atoms with Crippen LogP contribution < -0.4 is 4.74 Å². The molecule has 0 aliphatic carbocycles. The van der Waals surface area contributed by atoms with Gasteiger partial charge in [0.2, 0.25) is 0 Å². The van der Waals surface area contributed by atoms with Crippen LogP contribution >= 0.6 is 23.4 Å². The summed E-state index contributed by atoms with van der Waals surface area (Å²) >= 11 is 6.89. The first-order chi connectivity index (χ1) is 12.2. The lowest BCUT2D eigenvalue weighted by Gasteiger charge is -2.03. The van der Waals surface area contributed by atoms with Crippen molar-refractivity contribution in [3.63, 3.8) is 0 Å². The summed E-state index contributed by atoms with van der Waals surface area (Å²) < 4.78 is 11.0. The van der Waals surface area contributed by atoms with Gasteiger partial charge < -0.3 is 9.15 Å². The van der Waals surface area contributed by atoms with E-state index in [0.717, 1.165) is 11.8 Å². The Morgan fingerprint density at radius 3 is 2.36 bits per heavy atom. The van der Waals surface area contributed by atoms with E-state index in [1.165, 1.54) is 0 Å². The largest absolute Gasteiger partial charge is 0.484 e. The number of ether oxygens (including phenoxy) is 1. The molecule has 2 aromatic carbocycles. The fraction of sp³-hybridized carbons (Fsp3) is 0.0588. The Kier molecular flexibility index (Phi) is 5.20. The van der Waals surface area contributed by atoms with Crippen molar-refractivity contribution in [2.45, 2.75) is 16.7 Å². The minimum atomic E-state index is 0.0974. The Labute approximate surface area is 152 Å². The maximum absolute atomic E-state index is 9.18. The molecule has 0 radical (unpaired) electrons. The summed E-state index contributed by atoms with van der Waals surface area (Å²) in [6.45, 7) is 0.0974. The summed E-state index contributed by atoms with van der Waals surface area (Å²) in [4.78, 5) is 0.487. The van der Waals surface area contributed by atoms with Crippen LogP contribution in [0.1, 0.15) is 17.0 Å². The van der Waals surface area contributed by atoms with Crippen molar-refractivity contribution >= 4 is 23.4 Å². The van der Waals surface area contributed by atoms with Crippen molar-refractivity contribution < 1.29 is 9.15 Å². The number of hydrogen-bond acceptors (Lipinski definition) is 7. The second-order valence-electron chi connectivity index (χ2n) is 4.71. The molecule has 0 bridgehead atoms. The fourth-order valence-electron chi connectivity index (χ4n) is 1.92. The van der Waals surface area contributed by atoms with E-state index in [-0.39, 0.29) is 17.7 Å². The van der Waals surface area contributed by atoms with Crippen molar-refractivity contribution in [2.24, 2.45) is 0 Å². The minimum absolute atomic E-state index is 0.0974. The van der Waals surface area contributed by atoms with Gasteiger partial charge in [-0.15, -0.1) is 10.2 Å². The van der Waals surface area contributed by atoms with Gasteiger partial charge in [-0.2, -0.15) is 10.5 Å². The van der Waals surface area contributed by atoms with E-state index in [9.17, 15) is 10.5 Å². The fourth-order valence-corrected chi connectivity index (χ4v) is 2.89. The van der Waals surface area contributed by atoms with Crippen LogP contribution in [0.15, 0.2) is 57.0 Å². The van der Waals surface area contributed by atoms with Gasteiger partial charge in [-0.1, -0.05) is 17.7 Å². The molecule has 0 spiro atoms. The average molecular weight is 369 g/mol. The van der Waals surface area contributed by atoms with Crippen LogP contribution in [0.2, 0.25) is 5.02 Å². The van der Waals surface area contributed by atoms with E-state index >= 15 is 0 Å². The molecule has 8 heteroatoms. The molecule has 0 aliphatic heterocycles. The molecule has 0 N–H and O–H groups in total. The maximum atomic E-state index is 9.18. The van der Waals surface area contributed by atoms with Gasteiger partial charge in [0.15, 0.2) is 6.61 Å². The summed E-state index contributed by atoms with van der Waals surface area (Å²) in [5.74, 6) is 0.906. The van der Waals surface area contributed by atoms with Crippen molar-refractivity contribution in [1.82, 2.24) is 10.2 Å². The molecule has 6 nitrogen and oxygen atoms in total. The number of aromatic nitrogens is 2. The normalized spacial score (nSPS) is 10.0. The summed E-state index contributed by atoms with van der Waals surface area (Å²) in [7, 11) is 0. The van der Waals surface area contributed by atoms with Crippen molar-refractivity contribution in [1.29, 1.82) is 10.5 Å². The zero-order valence-electron chi connectivity index (χ0n) is 12.6. The summed E-state index contributed by atoms with van der Waals surface area (Å²) in [5, 5.41) is 27.0. The SMILES string of the molecule is N#Cc1cccc(C#N)c1Sc1nnc(COc2ccc(Cl)cc2)o1. The van der Waals surface area contributed by atoms with Crippen LogP contribution in [0.5, 0.6) is 5.75 Å². The molecule has 3 aromatic rings. The van der Waals surface area contributed by atoms with Gasteiger partial charge in [-0.25, -0.2) is 0 Å². The van der Waals surface area contributed by atoms with Crippen molar-refractivity contribution in [2.75, 3.05) is 0 Å². The van der Waals surface area contributed by atoms with Gasteiger partial charge in [0.1, 0.15) is 17.9 Å². The number of benzene rings is 2. The van der Waals surface area contributed by atoms with Crippen LogP contribution in [0, 0.1) is 22.7 Å². The second-order valence-corrected chi connectivity index (χ2v) is 6.11. The zero-order chi connectivity index (χ0) is 17.6. The summed E-state index contributed by atoms with van der Waals surface area (Å²) in [6, 6.07) is 15.9. The van der Waals surface area contributed by atoms with Crippen LogP contribution in [0.25, 0.3) is 0 Å². The molecular weight excluding hydrogens is 360 g/mol. The third kappa shape index (κ3) is 4.10. The first kappa shape index (κ1) is 16.8. The molecule has 0 saturated carbocycles. The lowest BCUT2D eigenvalue weighted by molar-refractivity contribution is 0.252. The molecule has 3 rings (SSSR count). The van der Waals surface area contributed by atoms with E-state index in [4.69, 9.17) is 20.8 Å². The number of nitrogens with zero attached hydrogens (tertiary/aromatic N) is 4. The standard InChI is InChI=1S/C17H9ClN4O2S/c18-13-4-6-14(7-5-13)23-10-15-21-22-17(24-15)25-16-11(8-19)2-1-3-12(16)9-20/h1-7H,10H2. The number of rotatable bonds is 5. The second kappa shape index (κ2) is 7.71. The van der Waals surface area contributed by atoms with Crippen molar-refractivity contribution in [3.05, 3.63) is 64.5 Å². The van der Waals surface area contributed by atoms with E-state index < -0.39 is 0 Å². The molecule has 25 heavy (non-hydrogen) atoms. The maximum Gasteiger partial charge on any atom is 0.281 e. The molecule has 122 valence electrons. The van der Waals surface area contributed by atoms with Gasteiger partial charge in [-0.05, 0) is 48.2 Å². The smallest absolute Gasteiger partial charge is 0.281 e. The van der Waals surface area contributed by atoms with E-state index in [2.05, 4.69) is 22.3 Å². The third-order valence-electron chi connectivity index (χ3n) is 3.07. The lowest BCUT2D eigenvalue weighted by atomic mass is 10.1. The van der Waals surface area contributed by atoms with Gasteiger partial charge in [0.05, 0.1) is 16.0 Å². The van der Waals surface area contributed by atoms with Gasteiger partial charge in [-0.3, -0.25) is 0 Å². The predicted octanol–water partition coefficient (Wildman–Crippen LogP) is 4.20. The first-order valence-corrected chi connectivity index (χ1v) is 8.21. The zero-order valence-corrected chi connectivity index (χ0v) is 14.2. The molecule has 0 amide bonds. The monoisotopic (exact) mass is 368 g/mol. The summed E-state index contributed by atoms with van der Waals surface area (Å²) in [6.07, 6.45) is 0. The minimum Gasteiger partial charge on any atom is -0.484 e. The molecule has 1 heterocycles. The highest BCUT2D eigenvalue weighted by molar-refractivity contribution is 7.99. The molecule has 0 fully saturated rings. The Bertz CT molecular complexity index is 941. The summed E-state index contributed by atoms with van der Waals surface area (Å²) in [5.41, 5.74) is 0.752. The van der Waals surface area contributed by atoms with E-state index in [1.807, 2.05) is 0 Å². The van der Waals surface area contributed by atoms with Gasteiger partial charge in [0, 0.05) is 5.02 Å². The van der Waals surface area contributed by atoms with E-state index in [0.29, 0.717) is 26.8 Å². The van der Waals surface area contributed by atoms with Gasteiger partial charge >= 0.3 is 0 Å². The Balaban J connectivity index is 1.71. The highest BCUT2D eigenvalue weighted by Crippen LogP contribution is 2.32. The molecule has 1 aromatic heterocycles. The van der Waals surface area contributed by atoms with E-state index in [1.54, 1.807) is 42.5 Å². The number of halogens is 1. The Morgan fingerprint density at radius 2 is 1.72 bits per heavy atom.